The molecule has 2 unspecified atom stereocenters. The molecule has 670 valence electrons. The summed E-state index contributed by atoms with van der Waals surface area (Å²) in [4.78, 5) is 101. The van der Waals surface area contributed by atoms with E-state index in [-0.39, 0.29) is 64.0 Å². The summed E-state index contributed by atoms with van der Waals surface area (Å²) < 4.78 is 65.3. The molecule has 4 heterocycles. The minimum Gasteiger partial charge on any atom is -0.508 e. The number of aliphatic hydroxyl groups is 1. The van der Waals surface area contributed by atoms with Crippen LogP contribution in [0.2, 0.25) is 0 Å². The molecule has 6 N–H and O–H groups in total. The molecule has 0 bridgehead atoms. The van der Waals surface area contributed by atoms with Crippen LogP contribution < -0.4 is 10.5 Å². The third-order valence-electron chi connectivity index (χ3n) is 22.1. The third-order valence-corrected chi connectivity index (χ3v) is 22.1. The number of ether oxygens (including phenoxy) is 9. The summed E-state index contributed by atoms with van der Waals surface area (Å²) in [5, 5.41) is 42.1. The van der Waals surface area contributed by atoms with Crippen molar-refractivity contribution >= 4 is 97.9 Å². The number of aromatic hydroxyl groups is 3. The molecule has 2 atom stereocenters. The zero-order valence-electron chi connectivity index (χ0n) is 74.2. The van der Waals surface area contributed by atoms with Crippen LogP contribution in [-0.4, -0.2) is 138 Å². The molecule has 0 saturated heterocycles. The highest BCUT2D eigenvalue weighted by atomic mass is 16.5. The van der Waals surface area contributed by atoms with Gasteiger partial charge in [-0.2, -0.15) is 0 Å². The lowest BCUT2D eigenvalue weighted by Crippen LogP contribution is -2.43. The van der Waals surface area contributed by atoms with Crippen molar-refractivity contribution in [1.29, 1.82) is 0 Å². The van der Waals surface area contributed by atoms with Crippen molar-refractivity contribution in [1.82, 2.24) is 0 Å². The van der Waals surface area contributed by atoms with E-state index in [0.717, 1.165) is 116 Å². The first kappa shape index (κ1) is 98.4. The predicted molar refractivity (Wildman–Crippen MR) is 477 cm³/mol. The van der Waals surface area contributed by atoms with Crippen LogP contribution in [-0.2, 0) is 59.2 Å². The molecule has 3 aliphatic rings. The fraction of sp³-hybridized carbons (Fsp3) is 0.310. The highest BCUT2D eigenvalue weighted by Gasteiger charge is 2.42. The van der Waals surface area contributed by atoms with Crippen molar-refractivity contribution in [3.05, 3.63) is 284 Å². The van der Waals surface area contributed by atoms with Crippen LogP contribution in [0.1, 0.15) is 231 Å². The lowest BCUT2D eigenvalue weighted by molar-refractivity contribution is -0.108. The van der Waals surface area contributed by atoms with E-state index < -0.39 is 29.4 Å². The molecule has 4 aromatic heterocycles. The molecule has 0 aliphatic heterocycles. The van der Waals surface area contributed by atoms with Gasteiger partial charge in [-0.25, -0.2) is 38.4 Å². The number of rotatable bonds is 18. The average molecular weight is 1740 g/mol. The molecule has 0 radical (unpaired) electrons. The number of furan rings is 4. The highest BCUT2D eigenvalue weighted by molar-refractivity contribution is 5.99. The van der Waals surface area contributed by atoms with Crippen molar-refractivity contribution in [2.75, 3.05) is 63.5 Å². The van der Waals surface area contributed by atoms with Crippen molar-refractivity contribution in [3.8, 4) is 23.0 Å². The van der Waals surface area contributed by atoms with Crippen LogP contribution in [0.25, 0.3) is 43.9 Å². The number of benzene rings is 8. The van der Waals surface area contributed by atoms with Gasteiger partial charge in [-0.05, 0) is 255 Å². The standard InChI is InChI=1S/C16H18O3.C15H17NO3.C15H16O4.2C12H14O3.C11H12O4.C11H10O3.C8H8O3/c1-10-12-9-11(15(17)18-3)5-6-13(12)19-14(10)16(2)7-4-8-16;1-9-11-8-10(14(17)18-2)4-5-12(11)19-13(9)15(16)6-3-7-15;1-9-11-8-10(14(16)18-2)4-5-12(11)19-13(9)15(17)6-3-7-15;1-4-8(2)10-7-9(12(14)15-3)5-6-11(10)13;1-3-4-9-15-11-7-5-10(6-8-11)12(13)14-2;1-7(6-12)9-5-8(11(14)15-2)3-4-10(9)13;1-7-6-14-10-4-3-8(5-9(7)10)11(12)13-2;1-11-8(10)6-2-4-7(9)5-3-6/h5-6,9H,4,7-8H2,1-3H3;4-5,8H,3,6-7,16H2,1-2H3;4-5,8,17H,3,6-7H2,1-2H3;4-8,13H,1H2,2-3H3;3-8H,9H2,1-2H3;3-7,13H,1-2H3;3-6H,1-2H3;2-5,9H,1H3/b;;;;4-3+;;;. The van der Waals surface area contributed by atoms with Gasteiger partial charge in [0.15, 0.2) is 0 Å². The van der Waals surface area contributed by atoms with Gasteiger partial charge in [0.05, 0.1) is 113 Å². The van der Waals surface area contributed by atoms with Crippen LogP contribution >= 0.6 is 0 Å². The number of hydrogen-bond donors (Lipinski definition) is 5. The summed E-state index contributed by atoms with van der Waals surface area (Å²) >= 11 is 0. The molecular weight excluding hydrogens is 1630 g/mol. The minimum absolute atomic E-state index is 0.00209. The molecule has 0 amide bonds. The van der Waals surface area contributed by atoms with Crippen LogP contribution in [0.4, 0.5) is 0 Å². The highest BCUT2D eigenvalue weighted by Crippen LogP contribution is 2.48. The fourth-order valence-corrected chi connectivity index (χ4v) is 14.0. The quantitative estimate of drug-likeness (QED) is 0.0230. The number of nitrogens with two attached hydrogens (primary N) is 1. The number of carbonyl (C=O) groups is 9. The van der Waals surface area contributed by atoms with Crippen LogP contribution in [0.3, 0.4) is 0 Å². The number of hydrogen-bond acceptors (Lipinski definition) is 27. The molecule has 15 rings (SSSR count). The molecule has 27 heteroatoms. The Morgan fingerprint density at radius 2 is 0.764 bits per heavy atom. The van der Waals surface area contributed by atoms with Crippen molar-refractivity contribution in [2.24, 2.45) is 5.73 Å². The molecule has 3 aliphatic carbocycles. The molecule has 3 fully saturated rings. The zero-order valence-corrected chi connectivity index (χ0v) is 74.2. The number of esters is 8. The van der Waals surface area contributed by atoms with E-state index in [4.69, 9.17) is 47.5 Å². The monoisotopic (exact) mass is 1740 g/mol. The Hall–Kier alpha value is -14.1. The zero-order chi connectivity index (χ0) is 93.2. The Labute approximate surface area is 735 Å². The Balaban J connectivity index is 0.000000181. The van der Waals surface area contributed by atoms with Gasteiger partial charge in [0.1, 0.15) is 81.1 Å². The molecule has 27 nitrogen and oxygen atoms in total. The van der Waals surface area contributed by atoms with Gasteiger partial charge in [0.2, 0.25) is 0 Å². The Bertz CT molecular complexity index is 5570. The van der Waals surface area contributed by atoms with Crippen LogP contribution in [0, 0.1) is 27.7 Å². The van der Waals surface area contributed by atoms with Gasteiger partial charge in [0.25, 0.3) is 0 Å². The number of phenols is 3. The van der Waals surface area contributed by atoms with Gasteiger partial charge in [-0.1, -0.05) is 45.4 Å². The number of allylic oxidation sites excluding steroid dienone is 2. The van der Waals surface area contributed by atoms with Gasteiger partial charge in [0, 0.05) is 61.0 Å². The smallest absolute Gasteiger partial charge is 0.337 e. The number of carbonyl (C=O) groups excluding carboxylic acids is 9. The van der Waals surface area contributed by atoms with E-state index in [1.54, 1.807) is 104 Å². The number of phenolic OH excluding ortho intramolecular Hbond substituents is 3. The SMILES string of the molecule is C/C=C/COc1ccc(C(=O)OC)cc1.C=CC(C)c1cc(C(=O)OC)ccc1O.COC(=O)c1ccc(O)c(C(C)C=O)c1.COC(=O)c1ccc(O)cc1.COC(=O)c1ccc2oc(C3(C)CCC3)c(C)c2c1.COC(=O)c1ccc2oc(C3(N)CCC3)c(C)c2c1.COC(=O)c1ccc2oc(C3(O)CCC3)c(C)c2c1.COC(=O)c1ccc2occ(C)c2c1. The molecule has 8 aromatic carbocycles. The first-order chi connectivity index (χ1) is 60.6. The summed E-state index contributed by atoms with van der Waals surface area (Å²) in [6.45, 7) is 19.8. The first-order valence-corrected chi connectivity index (χ1v) is 40.7. The lowest BCUT2D eigenvalue weighted by Gasteiger charge is -2.36. The van der Waals surface area contributed by atoms with Gasteiger partial charge >= 0.3 is 47.8 Å². The van der Waals surface area contributed by atoms with Gasteiger partial charge < -0.3 is 91.3 Å². The van der Waals surface area contributed by atoms with E-state index in [2.05, 4.69) is 44.1 Å². The summed E-state index contributed by atoms with van der Waals surface area (Å²) in [6.07, 6.45) is 17.1. The summed E-state index contributed by atoms with van der Waals surface area (Å²) in [7, 11) is 10.8. The molecule has 127 heavy (non-hydrogen) atoms. The Morgan fingerprint density at radius 3 is 1.13 bits per heavy atom. The second-order valence-corrected chi connectivity index (χ2v) is 30.6. The van der Waals surface area contributed by atoms with Crippen molar-refractivity contribution in [2.45, 2.75) is 142 Å². The number of aldehydes is 1. The minimum atomic E-state index is -0.825. The second kappa shape index (κ2) is 45.0. The van der Waals surface area contributed by atoms with Gasteiger partial charge in [-0.3, -0.25) is 0 Å². The molecular formula is C100H109NO26. The number of methoxy groups -OCH3 is 8. The van der Waals surface area contributed by atoms with Crippen LogP contribution in [0.5, 0.6) is 23.0 Å². The van der Waals surface area contributed by atoms with E-state index in [1.807, 2.05) is 65.0 Å². The fourth-order valence-electron chi connectivity index (χ4n) is 14.0. The largest absolute Gasteiger partial charge is 0.508 e. The maximum absolute atomic E-state index is 11.6. The first-order valence-electron chi connectivity index (χ1n) is 40.7. The average Bonchev–Trinajstić information content (AvgIpc) is 1.62. The summed E-state index contributed by atoms with van der Waals surface area (Å²) in [5.74, 6) is 0.178. The molecule has 0 spiro atoms. The lowest BCUT2D eigenvalue weighted by atomic mass is 9.68. The Kier molecular flexibility index (Phi) is 34.9. The van der Waals surface area contributed by atoms with Crippen LogP contribution in [0.15, 0.2) is 206 Å². The molecule has 12 aromatic rings. The maximum Gasteiger partial charge on any atom is 0.337 e. The predicted octanol–water partition coefficient (Wildman–Crippen LogP) is 19.8. The van der Waals surface area contributed by atoms with Crippen molar-refractivity contribution in [3.63, 3.8) is 0 Å². The van der Waals surface area contributed by atoms with Crippen molar-refractivity contribution < 1.29 is 124 Å². The van der Waals surface area contributed by atoms with E-state index >= 15 is 0 Å². The number of fused-ring (bicyclic) bond motifs is 4. The normalized spacial score (nSPS) is 13.7. The summed E-state index contributed by atoms with van der Waals surface area (Å²) in [5.41, 5.74) is 17.5. The summed E-state index contributed by atoms with van der Waals surface area (Å²) in [6, 6.07) is 42.9. The van der Waals surface area contributed by atoms with E-state index in [0.29, 0.717) is 79.9 Å². The Morgan fingerprint density at radius 1 is 0.433 bits per heavy atom. The van der Waals surface area contributed by atoms with E-state index in [9.17, 15) is 58.5 Å². The van der Waals surface area contributed by atoms with Gasteiger partial charge in [-0.15, -0.1) is 6.58 Å². The topological polar surface area (TPSA) is 396 Å². The second-order valence-electron chi connectivity index (χ2n) is 30.6. The third kappa shape index (κ3) is 24.3. The molecule has 3 saturated carbocycles. The number of aryl methyl sites for hydroxylation is 4. The maximum atomic E-state index is 11.6. The van der Waals surface area contributed by atoms with E-state index in [1.165, 1.54) is 131 Å².